The first-order chi connectivity index (χ1) is 9.60. The predicted molar refractivity (Wildman–Crippen MR) is 76.7 cm³/mol. The van der Waals surface area contributed by atoms with Crippen LogP contribution < -0.4 is 10.2 Å². The molecule has 6 nitrogen and oxygen atoms in total. The summed E-state index contributed by atoms with van der Waals surface area (Å²) in [6, 6.07) is 5.87. The minimum atomic E-state index is 0.110. The third-order valence-electron chi connectivity index (χ3n) is 3.46. The van der Waals surface area contributed by atoms with Gasteiger partial charge in [-0.15, -0.1) is 10.2 Å². The number of hydrogen-bond acceptors (Lipinski definition) is 5. The summed E-state index contributed by atoms with van der Waals surface area (Å²) >= 11 is 0. The van der Waals surface area contributed by atoms with E-state index in [9.17, 15) is 4.79 Å². The lowest BCUT2D eigenvalue weighted by Gasteiger charge is -2.11. The van der Waals surface area contributed by atoms with Crippen LogP contribution in [0.5, 0.6) is 0 Å². The van der Waals surface area contributed by atoms with E-state index in [1.54, 1.807) is 25.9 Å². The molecular formula is C14H15N5O. The summed E-state index contributed by atoms with van der Waals surface area (Å²) in [7, 11) is 3.59. The topological polar surface area (TPSA) is 71.0 Å². The number of aromatic nitrogens is 3. The molecule has 1 N–H and O–H groups in total. The lowest BCUT2D eigenvalue weighted by Crippen LogP contribution is -2.20. The Hall–Kier alpha value is -2.50. The van der Waals surface area contributed by atoms with Crippen molar-refractivity contribution in [2.24, 2.45) is 0 Å². The van der Waals surface area contributed by atoms with Crippen LogP contribution in [0.25, 0.3) is 11.3 Å². The van der Waals surface area contributed by atoms with Gasteiger partial charge in [-0.2, -0.15) is 0 Å². The Labute approximate surface area is 116 Å². The third-order valence-corrected chi connectivity index (χ3v) is 3.46. The molecule has 1 aliphatic heterocycles. The van der Waals surface area contributed by atoms with Gasteiger partial charge in [-0.1, -0.05) is 6.07 Å². The molecule has 0 bridgehead atoms. The number of anilines is 2. The molecule has 2 aromatic rings. The van der Waals surface area contributed by atoms with E-state index in [-0.39, 0.29) is 5.91 Å². The highest BCUT2D eigenvalue weighted by molar-refractivity contribution is 6.01. The third kappa shape index (κ3) is 1.89. The van der Waals surface area contributed by atoms with Gasteiger partial charge < -0.3 is 10.2 Å². The Morgan fingerprint density at radius 3 is 2.85 bits per heavy atom. The molecular weight excluding hydrogens is 254 g/mol. The van der Waals surface area contributed by atoms with E-state index in [1.807, 2.05) is 18.2 Å². The van der Waals surface area contributed by atoms with Gasteiger partial charge in [-0.3, -0.25) is 4.79 Å². The fourth-order valence-corrected chi connectivity index (χ4v) is 2.39. The second kappa shape index (κ2) is 4.56. The first kappa shape index (κ1) is 12.5. The van der Waals surface area contributed by atoms with E-state index in [2.05, 4.69) is 20.5 Å². The molecule has 0 radical (unpaired) electrons. The highest BCUT2D eigenvalue weighted by atomic mass is 16.2. The summed E-state index contributed by atoms with van der Waals surface area (Å²) in [5.74, 6) is 1.42. The summed E-state index contributed by atoms with van der Waals surface area (Å²) in [6.07, 6.45) is 0.432. The van der Waals surface area contributed by atoms with E-state index in [1.165, 1.54) is 0 Å². The van der Waals surface area contributed by atoms with Crippen LogP contribution in [-0.4, -0.2) is 35.2 Å². The highest BCUT2D eigenvalue weighted by Gasteiger charge is 2.24. The van der Waals surface area contributed by atoms with Gasteiger partial charge in [0.15, 0.2) is 5.82 Å². The Morgan fingerprint density at radius 1 is 1.30 bits per heavy atom. The number of fused-ring (bicyclic) bond motifs is 1. The van der Waals surface area contributed by atoms with Crippen molar-refractivity contribution >= 4 is 17.4 Å². The molecule has 0 spiro atoms. The first-order valence-corrected chi connectivity index (χ1v) is 6.39. The monoisotopic (exact) mass is 269 g/mol. The van der Waals surface area contributed by atoms with Crippen LogP contribution in [0.2, 0.25) is 0 Å². The van der Waals surface area contributed by atoms with E-state index in [0.717, 1.165) is 16.8 Å². The zero-order valence-electron chi connectivity index (χ0n) is 11.6. The maximum Gasteiger partial charge on any atom is 0.231 e. The van der Waals surface area contributed by atoms with Crippen molar-refractivity contribution in [3.05, 3.63) is 29.6 Å². The zero-order valence-corrected chi connectivity index (χ0v) is 11.6. The van der Waals surface area contributed by atoms with Crippen molar-refractivity contribution in [1.82, 2.24) is 15.2 Å². The van der Waals surface area contributed by atoms with Gasteiger partial charge in [0.05, 0.1) is 6.42 Å². The molecule has 0 saturated carbocycles. The van der Waals surface area contributed by atoms with Gasteiger partial charge in [0, 0.05) is 25.3 Å². The van der Waals surface area contributed by atoms with Crippen molar-refractivity contribution in [2.45, 2.75) is 13.3 Å². The second-order valence-corrected chi connectivity index (χ2v) is 4.78. The summed E-state index contributed by atoms with van der Waals surface area (Å²) in [4.78, 5) is 17.7. The van der Waals surface area contributed by atoms with Crippen molar-refractivity contribution in [3.8, 4) is 11.3 Å². The normalized spacial score (nSPS) is 13.6. The number of nitrogens with one attached hydrogen (secondary N) is 1. The average Bonchev–Trinajstić information content (AvgIpc) is 2.73. The maximum absolute atomic E-state index is 11.7. The first-order valence-electron chi connectivity index (χ1n) is 6.39. The van der Waals surface area contributed by atoms with Crippen LogP contribution in [-0.2, 0) is 11.2 Å². The van der Waals surface area contributed by atoms with Crippen molar-refractivity contribution < 1.29 is 4.79 Å². The molecule has 0 unspecified atom stereocenters. The van der Waals surface area contributed by atoms with Gasteiger partial charge in [0.1, 0.15) is 11.5 Å². The Bertz CT molecular complexity index is 698. The molecule has 102 valence electrons. The number of likely N-dealkylation sites (N-methyl/N-ethyl adjacent to an activating group) is 1. The summed E-state index contributed by atoms with van der Waals surface area (Å²) in [6.45, 7) is 1.80. The molecule has 0 aliphatic carbocycles. The van der Waals surface area contributed by atoms with Gasteiger partial charge in [-0.05, 0) is 24.6 Å². The number of benzene rings is 1. The number of amides is 1. The SMILES string of the molecule is CNc1nc(C)nnc1-c1ccc2c(c1)CC(=O)N2C. The molecule has 6 heteroatoms. The molecule has 1 aliphatic rings. The van der Waals surface area contributed by atoms with Crippen molar-refractivity contribution in [2.75, 3.05) is 24.3 Å². The minimum Gasteiger partial charge on any atom is -0.371 e. The van der Waals surface area contributed by atoms with Crippen molar-refractivity contribution in [1.29, 1.82) is 0 Å². The largest absolute Gasteiger partial charge is 0.371 e. The molecule has 0 atom stereocenters. The van der Waals surface area contributed by atoms with Crippen LogP contribution in [0.3, 0.4) is 0 Å². The number of hydrogen-bond donors (Lipinski definition) is 1. The fraction of sp³-hybridized carbons (Fsp3) is 0.286. The molecule has 1 aromatic carbocycles. The molecule has 0 saturated heterocycles. The number of aryl methyl sites for hydroxylation is 1. The number of nitrogens with zero attached hydrogens (tertiary/aromatic N) is 4. The molecule has 0 fully saturated rings. The fourth-order valence-electron chi connectivity index (χ4n) is 2.39. The molecule has 2 heterocycles. The Kier molecular flexibility index (Phi) is 2.85. The van der Waals surface area contributed by atoms with E-state index in [0.29, 0.717) is 23.8 Å². The van der Waals surface area contributed by atoms with E-state index >= 15 is 0 Å². The summed E-state index contributed by atoms with van der Waals surface area (Å²) in [5.41, 5.74) is 3.58. The Morgan fingerprint density at radius 2 is 2.10 bits per heavy atom. The van der Waals surface area contributed by atoms with Gasteiger partial charge in [0.25, 0.3) is 0 Å². The zero-order chi connectivity index (χ0) is 14.3. The minimum absolute atomic E-state index is 0.110. The van der Waals surface area contributed by atoms with Gasteiger partial charge in [-0.25, -0.2) is 4.98 Å². The lowest BCUT2D eigenvalue weighted by molar-refractivity contribution is -0.117. The summed E-state index contributed by atoms with van der Waals surface area (Å²) in [5, 5.41) is 11.2. The molecule has 1 aromatic heterocycles. The second-order valence-electron chi connectivity index (χ2n) is 4.78. The van der Waals surface area contributed by atoms with Crippen LogP contribution in [0.4, 0.5) is 11.5 Å². The van der Waals surface area contributed by atoms with Gasteiger partial charge >= 0.3 is 0 Å². The van der Waals surface area contributed by atoms with E-state index in [4.69, 9.17) is 0 Å². The smallest absolute Gasteiger partial charge is 0.231 e. The molecule has 3 rings (SSSR count). The van der Waals surface area contributed by atoms with Crippen molar-refractivity contribution in [3.63, 3.8) is 0 Å². The lowest BCUT2D eigenvalue weighted by atomic mass is 10.1. The quantitative estimate of drug-likeness (QED) is 0.892. The number of rotatable bonds is 2. The Balaban J connectivity index is 2.09. The van der Waals surface area contributed by atoms with Crippen LogP contribution in [0.15, 0.2) is 18.2 Å². The molecule has 20 heavy (non-hydrogen) atoms. The van der Waals surface area contributed by atoms with Crippen LogP contribution in [0.1, 0.15) is 11.4 Å². The average molecular weight is 269 g/mol. The van der Waals surface area contributed by atoms with Gasteiger partial charge in [0.2, 0.25) is 5.91 Å². The number of carbonyl (C=O) groups is 1. The van der Waals surface area contributed by atoms with E-state index < -0.39 is 0 Å². The standard InChI is InChI=1S/C14H15N5O/c1-8-16-14(15-2)13(18-17-8)9-4-5-11-10(6-9)7-12(20)19(11)3/h4-6H,7H2,1-3H3,(H,15,16,17). The predicted octanol–water partition coefficient (Wildman–Crippen LogP) is 1.41. The molecule has 1 amide bonds. The highest BCUT2D eigenvalue weighted by Crippen LogP contribution is 2.32. The van der Waals surface area contributed by atoms with Crippen LogP contribution >= 0.6 is 0 Å². The number of carbonyl (C=O) groups excluding carboxylic acids is 1. The summed E-state index contributed by atoms with van der Waals surface area (Å²) < 4.78 is 0. The maximum atomic E-state index is 11.7. The van der Waals surface area contributed by atoms with Crippen LogP contribution in [0, 0.1) is 6.92 Å².